The Morgan fingerprint density at radius 1 is 1.20 bits per heavy atom. The minimum absolute atomic E-state index is 0.0365. The molecule has 1 saturated heterocycles. The largest absolute Gasteiger partial charge is 0.463 e. The van der Waals surface area contributed by atoms with E-state index in [1.807, 2.05) is 12.1 Å². The molecule has 0 bridgehead atoms. The molecule has 2 aromatic rings. The third kappa shape index (κ3) is 4.53. The third-order valence-electron chi connectivity index (χ3n) is 6.14. The number of carbonyl (C=O) groups is 1. The van der Waals surface area contributed by atoms with Gasteiger partial charge >= 0.3 is 12.1 Å². The van der Waals surface area contributed by atoms with Crippen LogP contribution in [0.1, 0.15) is 56.7 Å². The van der Waals surface area contributed by atoms with Crippen molar-refractivity contribution in [3.05, 3.63) is 24.2 Å². The van der Waals surface area contributed by atoms with Crippen LogP contribution in [-0.4, -0.2) is 39.5 Å². The van der Waals surface area contributed by atoms with Crippen molar-refractivity contribution in [1.82, 2.24) is 14.6 Å². The number of anilines is 1. The molecule has 1 aliphatic heterocycles. The summed E-state index contributed by atoms with van der Waals surface area (Å²) in [6.45, 7) is 0.146. The van der Waals surface area contributed by atoms with Gasteiger partial charge in [0, 0.05) is 6.42 Å². The Morgan fingerprint density at radius 2 is 1.97 bits per heavy atom. The van der Waals surface area contributed by atoms with Crippen LogP contribution in [0.5, 0.6) is 0 Å². The molecule has 2 fully saturated rings. The van der Waals surface area contributed by atoms with Crippen LogP contribution < -0.4 is 5.73 Å². The second-order valence-electron chi connectivity index (χ2n) is 8.17. The molecule has 1 aliphatic carbocycles. The number of carbonyl (C=O) groups excluding carboxylic acids is 1. The van der Waals surface area contributed by atoms with E-state index in [9.17, 15) is 18.0 Å². The molecule has 1 saturated carbocycles. The van der Waals surface area contributed by atoms with E-state index < -0.39 is 12.1 Å². The molecule has 3 heterocycles. The first kappa shape index (κ1) is 20.9. The average molecular weight is 426 g/mol. The third-order valence-corrected chi connectivity index (χ3v) is 6.14. The van der Waals surface area contributed by atoms with Crippen molar-refractivity contribution in [3.8, 4) is 0 Å². The lowest BCUT2D eigenvalue weighted by atomic mass is 9.80. The fourth-order valence-electron chi connectivity index (χ4n) is 4.44. The summed E-state index contributed by atoms with van der Waals surface area (Å²) in [6.07, 6.45) is -0.466. The quantitative estimate of drug-likeness (QED) is 0.731. The van der Waals surface area contributed by atoms with E-state index in [1.165, 1.54) is 6.33 Å². The summed E-state index contributed by atoms with van der Waals surface area (Å²) in [5, 5.41) is 4.22. The van der Waals surface area contributed by atoms with Crippen molar-refractivity contribution in [1.29, 1.82) is 0 Å². The predicted octanol–water partition coefficient (Wildman–Crippen LogP) is 3.83. The minimum atomic E-state index is -4.13. The number of halogens is 3. The number of ether oxygens (including phenoxy) is 2. The molecule has 7 nitrogen and oxygen atoms in total. The molecule has 0 amide bonds. The van der Waals surface area contributed by atoms with Gasteiger partial charge in [0.25, 0.3) is 0 Å². The molecule has 2 unspecified atom stereocenters. The van der Waals surface area contributed by atoms with E-state index in [1.54, 1.807) is 4.52 Å². The first-order valence-corrected chi connectivity index (χ1v) is 10.3. The first-order chi connectivity index (χ1) is 14.3. The van der Waals surface area contributed by atoms with Crippen molar-refractivity contribution < 1.29 is 27.4 Å². The highest BCUT2D eigenvalue weighted by Gasteiger charge is 2.41. The van der Waals surface area contributed by atoms with Gasteiger partial charge in [-0.1, -0.05) is 0 Å². The fraction of sp³-hybridized carbons (Fsp3) is 0.650. The Kier molecular flexibility index (Phi) is 5.86. The fourth-order valence-corrected chi connectivity index (χ4v) is 4.44. The molecule has 4 rings (SSSR count). The van der Waals surface area contributed by atoms with Gasteiger partial charge in [0.05, 0.1) is 17.7 Å². The Bertz CT molecular complexity index is 893. The maximum atomic E-state index is 12.7. The molecule has 10 heteroatoms. The zero-order chi connectivity index (χ0) is 21.3. The van der Waals surface area contributed by atoms with Crippen LogP contribution in [0.25, 0.3) is 5.52 Å². The molecule has 2 aliphatic rings. The maximum Gasteiger partial charge on any atom is 0.391 e. The second kappa shape index (κ2) is 8.41. The molecular weight excluding hydrogens is 401 g/mol. The Hall–Kier alpha value is -2.36. The van der Waals surface area contributed by atoms with Gasteiger partial charge in [-0.05, 0) is 56.6 Å². The van der Waals surface area contributed by atoms with Crippen LogP contribution in [0.2, 0.25) is 0 Å². The van der Waals surface area contributed by atoms with Gasteiger partial charge in [0.2, 0.25) is 0 Å². The normalized spacial score (nSPS) is 27.4. The molecule has 2 aromatic heterocycles. The number of nitrogens with two attached hydrogens (primary N) is 1. The van der Waals surface area contributed by atoms with Gasteiger partial charge in [-0.25, -0.2) is 9.50 Å². The average Bonchev–Trinajstić information content (AvgIpc) is 3.33. The summed E-state index contributed by atoms with van der Waals surface area (Å²) in [7, 11) is 0. The highest BCUT2D eigenvalue weighted by Crippen LogP contribution is 2.40. The van der Waals surface area contributed by atoms with Crippen LogP contribution in [-0.2, 0) is 14.3 Å². The van der Waals surface area contributed by atoms with Crippen LogP contribution in [0.4, 0.5) is 19.0 Å². The maximum absolute atomic E-state index is 12.7. The number of alkyl halides is 3. The Balaban J connectivity index is 1.23. The molecule has 2 N–H and O–H groups in total. The summed E-state index contributed by atoms with van der Waals surface area (Å²) in [5.74, 6) is -1.25. The van der Waals surface area contributed by atoms with E-state index in [4.69, 9.17) is 15.2 Å². The van der Waals surface area contributed by atoms with Crippen LogP contribution >= 0.6 is 0 Å². The summed E-state index contributed by atoms with van der Waals surface area (Å²) in [5.41, 5.74) is 7.44. The van der Waals surface area contributed by atoms with Gasteiger partial charge in [-0.15, -0.1) is 0 Å². The standard InChI is InChI=1S/C20H25F3N4O3/c21-20(22,23)13-3-1-12(2-4-13)9-18(28)29-10-14-5-8-17(30-14)15-6-7-16-19(24)25-11-26-27(15)16/h6-7,11-14,17H,1-5,8-10H2,(H2,24,25,26). The smallest absolute Gasteiger partial charge is 0.391 e. The molecule has 164 valence electrons. The number of nitrogens with zero attached hydrogens (tertiary/aromatic N) is 3. The zero-order valence-electron chi connectivity index (χ0n) is 16.5. The van der Waals surface area contributed by atoms with Crippen molar-refractivity contribution in [2.75, 3.05) is 12.3 Å². The van der Waals surface area contributed by atoms with E-state index in [2.05, 4.69) is 10.1 Å². The lowest BCUT2D eigenvalue weighted by Crippen LogP contribution is -2.29. The number of esters is 1. The predicted molar refractivity (Wildman–Crippen MR) is 101 cm³/mol. The topological polar surface area (TPSA) is 91.7 Å². The van der Waals surface area contributed by atoms with Gasteiger partial charge in [-0.3, -0.25) is 4.79 Å². The summed E-state index contributed by atoms with van der Waals surface area (Å²) in [4.78, 5) is 16.1. The van der Waals surface area contributed by atoms with E-state index in [-0.39, 0.29) is 50.0 Å². The zero-order valence-corrected chi connectivity index (χ0v) is 16.5. The first-order valence-electron chi connectivity index (χ1n) is 10.3. The Labute approximate surface area is 171 Å². The number of aromatic nitrogens is 3. The second-order valence-corrected chi connectivity index (χ2v) is 8.17. The highest BCUT2D eigenvalue weighted by atomic mass is 19.4. The molecular formula is C20H25F3N4O3. The molecule has 0 radical (unpaired) electrons. The molecule has 2 atom stereocenters. The van der Waals surface area contributed by atoms with Gasteiger partial charge in [0.1, 0.15) is 24.6 Å². The van der Waals surface area contributed by atoms with Crippen molar-refractivity contribution in [2.45, 2.75) is 63.3 Å². The molecule has 30 heavy (non-hydrogen) atoms. The molecule has 0 aromatic carbocycles. The number of rotatable bonds is 5. The van der Waals surface area contributed by atoms with Crippen LogP contribution in [0, 0.1) is 11.8 Å². The summed E-state index contributed by atoms with van der Waals surface area (Å²) in [6, 6.07) is 3.74. The number of fused-ring (bicyclic) bond motifs is 1. The van der Waals surface area contributed by atoms with Gasteiger partial charge < -0.3 is 15.2 Å². The SMILES string of the molecule is Nc1ncnn2c(C3CCC(COC(=O)CC4CCC(C(F)(F)F)CC4)O3)ccc12. The lowest BCUT2D eigenvalue weighted by molar-refractivity contribution is -0.184. The number of hydrogen-bond acceptors (Lipinski definition) is 6. The highest BCUT2D eigenvalue weighted by molar-refractivity contribution is 5.69. The summed E-state index contributed by atoms with van der Waals surface area (Å²) >= 11 is 0. The van der Waals surface area contributed by atoms with Crippen molar-refractivity contribution >= 4 is 17.3 Å². The van der Waals surface area contributed by atoms with Crippen LogP contribution in [0.15, 0.2) is 18.5 Å². The van der Waals surface area contributed by atoms with E-state index >= 15 is 0 Å². The van der Waals surface area contributed by atoms with Crippen molar-refractivity contribution in [3.63, 3.8) is 0 Å². The van der Waals surface area contributed by atoms with Gasteiger partial charge in [-0.2, -0.15) is 18.3 Å². The van der Waals surface area contributed by atoms with Gasteiger partial charge in [0.15, 0.2) is 5.82 Å². The van der Waals surface area contributed by atoms with Crippen molar-refractivity contribution in [2.24, 2.45) is 11.8 Å². The summed E-state index contributed by atoms with van der Waals surface area (Å²) < 4.78 is 51.3. The van der Waals surface area contributed by atoms with E-state index in [0.29, 0.717) is 24.2 Å². The van der Waals surface area contributed by atoms with E-state index in [0.717, 1.165) is 18.5 Å². The number of hydrogen-bond donors (Lipinski definition) is 1. The molecule has 0 spiro atoms. The minimum Gasteiger partial charge on any atom is -0.463 e. The monoisotopic (exact) mass is 426 g/mol. The number of nitrogen functional groups attached to an aromatic ring is 1. The Morgan fingerprint density at radius 3 is 2.70 bits per heavy atom. The lowest BCUT2D eigenvalue weighted by Gasteiger charge is -2.29. The van der Waals surface area contributed by atoms with Crippen LogP contribution in [0.3, 0.4) is 0 Å².